The molecule has 16 heavy (non-hydrogen) atoms. The monoisotopic (exact) mass is 276 g/mol. The van der Waals surface area contributed by atoms with Crippen LogP contribution in [0.2, 0.25) is 10.0 Å². The van der Waals surface area contributed by atoms with E-state index < -0.39 is 0 Å². The molecule has 4 heteroatoms. The summed E-state index contributed by atoms with van der Waals surface area (Å²) < 4.78 is 0. The van der Waals surface area contributed by atoms with Crippen molar-refractivity contribution < 1.29 is 4.79 Å². The maximum absolute atomic E-state index is 10.7. The molecule has 0 radical (unpaired) electrons. The summed E-state index contributed by atoms with van der Waals surface area (Å²) in [6, 6.07) is 5.46. The third kappa shape index (κ3) is 5.24. The van der Waals surface area contributed by atoms with Crippen molar-refractivity contribution in [2.75, 3.05) is 5.75 Å². The molecule has 0 fully saturated rings. The van der Waals surface area contributed by atoms with Crippen LogP contribution in [0.3, 0.4) is 0 Å². The van der Waals surface area contributed by atoms with E-state index in [4.69, 9.17) is 23.2 Å². The Hall–Kier alpha value is -0.180. The Morgan fingerprint density at radius 1 is 1.31 bits per heavy atom. The van der Waals surface area contributed by atoms with Gasteiger partial charge < -0.3 is 4.79 Å². The Bertz CT molecular complexity index is 366. The Morgan fingerprint density at radius 3 is 2.75 bits per heavy atom. The zero-order valence-corrected chi connectivity index (χ0v) is 11.5. The Kier molecular flexibility index (Phi) is 6.25. The van der Waals surface area contributed by atoms with Crippen LogP contribution in [0.5, 0.6) is 0 Å². The average molecular weight is 277 g/mol. The molecule has 0 saturated heterocycles. The highest BCUT2D eigenvalue weighted by Crippen LogP contribution is 2.30. The highest BCUT2D eigenvalue weighted by molar-refractivity contribution is 7.99. The summed E-state index contributed by atoms with van der Waals surface area (Å²) in [5, 5.41) is 1.44. The molecule has 1 aromatic carbocycles. The number of rotatable bonds is 6. The van der Waals surface area contributed by atoms with Crippen molar-refractivity contribution in [1.82, 2.24) is 0 Å². The van der Waals surface area contributed by atoms with Gasteiger partial charge in [0.05, 0.1) is 5.02 Å². The number of ketones is 1. The molecule has 0 saturated carbocycles. The van der Waals surface area contributed by atoms with Crippen LogP contribution in [0.4, 0.5) is 0 Å². The standard InChI is InChI=1S/C12H14Cl2OS/c1-9(15)4-2-3-7-16-12-8-10(13)5-6-11(12)14/h5-6,8H,2-4,7H2,1H3. The zero-order valence-electron chi connectivity index (χ0n) is 9.13. The third-order valence-corrected chi connectivity index (χ3v) is 3.89. The smallest absolute Gasteiger partial charge is 0.129 e. The third-order valence-electron chi connectivity index (χ3n) is 2.07. The molecule has 0 aliphatic carbocycles. The molecule has 0 aliphatic rings. The molecular formula is C12H14Cl2OS. The van der Waals surface area contributed by atoms with Gasteiger partial charge in [0, 0.05) is 16.3 Å². The second kappa shape index (κ2) is 7.21. The Morgan fingerprint density at radius 2 is 2.06 bits per heavy atom. The number of Topliss-reactive ketones (excluding diaryl/α,β-unsaturated/α-hetero) is 1. The molecule has 0 N–H and O–H groups in total. The summed E-state index contributed by atoms with van der Waals surface area (Å²) in [6.45, 7) is 1.63. The second-order valence-electron chi connectivity index (χ2n) is 3.58. The summed E-state index contributed by atoms with van der Waals surface area (Å²) in [6.07, 6.45) is 2.64. The van der Waals surface area contributed by atoms with Crippen molar-refractivity contribution in [3.63, 3.8) is 0 Å². The van der Waals surface area contributed by atoms with Gasteiger partial charge in [0.2, 0.25) is 0 Å². The van der Waals surface area contributed by atoms with Crippen LogP contribution < -0.4 is 0 Å². The molecule has 0 atom stereocenters. The number of unbranched alkanes of at least 4 members (excludes halogenated alkanes) is 1. The van der Waals surface area contributed by atoms with Crippen molar-refractivity contribution >= 4 is 40.7 Å². The first-order chi connectivity index (χ1) is 7.59. The molecule has 0 heterocycles. The van der Waals surface area contributed by atoms with E-state index in [0.717, 1.165) is 28.5 Å². The lowest BCUT2D eigenvalue weighted by atomic mass is 10.2. The first kappa shape index (κ1) is 13.9. The quantitative estimate of drug-likeness (QED) is 0.546. The molecule has 1 aromatic rings. The van der Waals surface area contributed by atoms with Gasteiger partial charge in [-0.1, -0.05) is 23.2 Å². The first-order valence-electron chi connectivity index (χ1n) is 5.17. The molecule has 88 valence electrons. The molecular weight excluding hydrogens is 263 g/mol. The van der Waals surface area contributed by atoms with Gasteiger partial charge in [-0.25, -0.2) is 0 Å². The van der Waals surface area contributed by atoms with Crippen LogP contribution >= 0.6 is 35.0 Å². The van der Waals surface area contributed by atoms with Gasteiger partial charge in [0.15, 0.2) is 0 Å². The topological polar surface area (TPSA) is 17.1 Å². The minimum absolute atomic E-state index is 0.255. The molecule has 0 aromatic heterocycles. The van der Waals surface area contributed by atoms with Crippen molar-refractivity contribution in [2.24, 2.45) is 0 Å². The second-order valence-corrected chi connectivity index (χ2v) is 5.56. The number of hydrogen-bond donors (Lipinski definition) is 0. The molecule has 0 bridgehead atoms. The van der Waals surface area contributed by atoms with Crippen molar-refractivity contribution in [2.45, 2.75) is 31.1 Å². The highest BCUT2D eigenvalue weighted by Gasteiger charge is 2.02. The molecule has 0 aliphatic heterocycles. The molecule has 0 amide bonds. The molecule has 1 nitrogen and oxygen atoms in total. The van der Waals surface area contributed by atoms with Crippen molar-refractivity contribution in [3.05, 3.63) is 28.2 Å². The number of carbonyl (C=O) groups is 1. The Labute approximate surface area is 111 Å². The van der Waals surface area contributed by atoms with E-state index in [1.165, 1.54) is 0 Å². The molecule has 1 rings (SSSR count). The van der Waals surface area contributed by atoms with Gasteiger partial charge in [-0.15, -0.1) is 11.8 Å². The SMILES string of the molecule is CC(=O)CCCCSc1cc(Cl)ccc1Cl. The van der Waals surface area contributed by atoms with Crippen molar-refractivity contribution in [3.8, 4) is 0 Å². The summed E-state index contributed by atoms with van der Waals surface area (Å²) in [7, 11) is 0. The predicted molar refractivity (Wildman–Crippen MR) is 71.7 cm³/mol. The predicted octanol–water partition coefficient (Wildman–Crippen LogP) is 4.84. The van der Waals surface area contributed by atoms with Crippen LogP contribution in [0, 0.1) is 0 Å². The van der Waals surface area contributed by atoms with Crippen molar-refractivity contribution in [1.29, 1.82) is 0 Å². The van der Waals surface area contributed by atoms with Gasteiger partial charge in [-0.2, -0.15) is 0 Å². The van der Waals surface area contributed by atoms with Crippen LogP contribution in [0.15, 0.2) is 23.1 Å². The fraction of sp³-hybridized carbons (Fsp3) is 0.417. The summed E-state index contributed by atoms with van der Waals surface area (Å²) in [5.41, 5.74) is 0. The van der Waals surface area contributed by atoms with Gasteiger partial charge in [-0.05, 0) is 43.7 Å². The molecule has 0 spiro atoms. The Balaban J connectivity index is 2.31. The summed E-state index contributed by atoms with van der Waals surface area (Å²) in [4.78, 5) is 11.7. The minimum Gasteiger partial charge on any atom is -0.300 e. The van der Waals surface area contributed by atoms with Gasteiger partial charge in [-0.3, -0.25) is 0 Å². The lowest BCUT2D eigenvalue weighted by molar-refractivity contribution is -0.117. The number of benzene rings is 1. The maximum atomic E-state index is 10.7. The van der Waals surface area contributed by atoms with E-state index in [1.807, 2.05) is 12.1 Å². The van der Waals surface area contributed by atoms with Crippen LogP contribution in [0.25, 0.3) is 0 Å². The fourth-order valence-corrected chi connectivity index (χ4v) is 2.75. The highest BCUT2D eigenvalue weighted by atomic mass is 35.5. The van der Waals surface area contributed by atoms with E-state index in [9.17, 15) is 4.79 Å². The number of carbonyl (C=O) groups excluding carboxylic acids is 1. The van der Waals surface area contributed by atoms with Gasteiger partial charge >= 0.3 is 0 Å². The normalized spacial score (nSPS) is 10.4. The van der Waals surface area contributed by atoms with Crippen LogP contribution in [0.1, 0.15) is 26.2 Å². The van der Waals surface area contributed by atoms with E-state index in [1.54, 1.807) is 24.8 Å². The lowest BCUT2D eigenvalue weighted by Crippen LogP contribution is -1.90. The van der Waals surface area contributed by atoms with Gasteiger partial charge in [0.25, 0.3) is 0 Å². The van der Waals surface area contributed by atoms with E-state index in [2.05, 4.69) is 0 Å². The summed E-state index contributed by atoms with van der Waals surface area (Å²) >= 11 is 13.6. The van der Waals surface area contributed by atoms with E-state index >= 15 is 0 Å². The van der Waals surface area contributed by atoms with Gasteiger partial charge in [0.1, 0.15) is 5.78 Å². The van der Waals surface area contributed by atoms with E-state index in [-0.39, 0.29) is 5.78 Å². The minimum atomic E-state index is 0.255. The zero-order chi connectivity index (χ0) is 12.0. The lowest BCUT2D eigenvalue weighted by Gasteiger charge is -2.04. The summed E-state index contributed by atoms with van der Waals surface area (Å²) in [5.74, 6) is 1.22. The number of halogens is 2. The van der Waals surface area contributed by atoms with E-state index in [0.29, 0.717) is 11.4 Å². The number of hydrogen-bond acceptors (Lipinski definition) is 2. The number of thioether (sulfide) groups is 1. The first-order valence-corrected chi connectivity index (χ1v) is 6.91. The largest absolute Gasteiger partial charge is 0.300 e. The fourth-order valence-electron chi connectivity index (χ4n) is 1.25. The molecule has 0 unspecified atom stereocenters. The van der Waals surface area contributed by atoms with Crippen LogP contribution in [-0.4, -0.2) is 11.5 Å². The average Bonchev–Trinajstić information content (AvgIpc) is 2.22. The van der Waals surface area contributed by atoms with Crippen LogP contribution in [-0.2, 0) is 4.79 Å². The maximum Gasteiger partial charge on any atom is 0.129 e.